The summed E-state index contributed by atoms with van der Waals surface area (Å²) in [5.74, 6) is 0.271. The number of hydrogen-bond acceptors (Lipinski definition) is 5. The summed E-state index contributed by atoms with van der Waals surface area (Å²) in [6.45, 7) is 7.53. The van der Waals surface area contributed by atoms with Crippen LogP contribution in [0.15, 0.2) is 23.1 Å². The third kappa shape index (κ3) is 4.57. The molecule has 2 rings (SSSR count). The molecule has 0 spiro atoms. The van der Waals surface area contributed by atoms with E-state index in [4.69, 9.17) is 20.2 Å². The van der Waals surface area contributed by atoms with Crippen molar-refractivity contribution >= 4 is 19.7 Å². The highest BCUT2D eigenvalue weighted by Gasteiger charge is 2.22. The molecule has 0 radical (unpaired) electrons. The van der Waals surface area contributed by atoms with Crippen molar-refractivity contribution in [2.75, 3.05) is 32.8 Å². The number of likely N-dealkylation sites (N-methyl/N-ethyl adjacent to an activating group) is 1. The molecule has 21 heavy (non-hydrogen) atoms. The van der Waals surface area contributed by atoms with Crippen molar-refractivity contribution in [2.45, 2.75) is 24.8 Å². The predicted molar refractivity (Wildman–Crippen MR) is 81.6 cm³/mol. The van der Waals surface area contributed by atoms with E-state index >= 15 is 0 Å². The van der Waals surface area contributed by atoms with E-state index in [2.05, 4.69) is 11.8 Å². The molecule has 0 amide bonds. The van der Waals surface area contributed by atoms with Crippen LogP contribution < -0.4 is 4.74 Å². The van der Waals surface area contributed by atoms with Crippen molar-refractivity contribution in [3.8, 4) is 5.75 Å². The molecule has 0 bridgehead atoms. The second kappa shape index (κ2) is 6.96. The van der Waals surface area contributed by atoms with Gasteiger partial charge in [0, 0.05) is 23.8 Å². The third-order valence-electron chi connectivity index (χ3n) is 3.46. The van der Waals surface area contributed by atoms with E-state index in [1.807, 2.05) is 0 Å². The SMILES string of the molecule is CCN1CCOC(COc2ccc(C)cc2S(=O)(=O)Cl)C1. The number of benzene rings is 1. The molecule has 0 aliphatic carbocycles. The van der Waals surface area contributed by atoms with Crippen molar-refractivity contribution in [2.24, 2.45) is 0 Å². The Morgan fingerprint density at radius 3 is 2.90 bits per heavy atom. The van der Waals surface area contributed by atoms with Crippen LogP contribution in [0, 0.1) is 6.92 Å². The molecular formula is C14H20ClNO4S. The monoisotopic (exact) mass is 333 g/mol. The molecule has 1 aromatic carbocycles. The first-order chi connectivity index (χ1) is 9.90. The zero-order valence-electron chi connectivity index (χ0n) is 12.2. The molecule has 1 aromatic rings. The maximum atomic E-state index is 11.6. The van der Waals surface area contributed by atoms with Gasteiger partial charge < -0.3 is 9.47 Å². The van der Waals surface area contributed by atoms with Crippen LogP contribution in [0.1, 0.15) is 12.5 Å². The van der Waals surface area contributed by atoms with Crippen LogP contribution in [-0.2, 0) is 13.8 Å². The third-order valence-corrected chi connectivity index (χ3v) is 4.80. The average Bonchev–Trinajstić information content (AvgIpc) is 2.45. The Balaban J connectivity index is 2.06. The fourth-order valence-corrected chi connectivity index (χ4v) is 3.33. The minimum absolute atomic E-state index is 0.00678. The minimum atomic E-state index is -3.83. The summed E-state index contributed by atoms with van der Waals surface area (Å²) in [6, 6.07) is 4.93. The highest BCUT2D eigenvalue weighted by Crippen LogP contribution is 2.28. The Labute approximate surface area is 130 Å². The zero-order chi connectivity index (χ0) is 15.5. The van der Waals surface area contributed by atoms with Gasteiger partial charge in [-0.05, 0) is 31.2 Å². The first kappa shape index (κ1) is 16.5. The standard InChI is InChI=1S/C14H20ClNO4S/c1-3-16-6-7-19-12(9-16)10-20-13-5-4-11(2)8-14(13)21(15,17)18/h4-5,8,12H,3,6-7,9-10H2,1-2H3. The van der Waals surface area contributed by atoms with E-state index in [9.17, 15) is 8.42 Å². The summed E-state index contributed by atoms with van der Waals surface area (Å²) in [5.41, 5.74) is 0.813. The summed E-state index contributed by atoms with van der Waals surface area (Å²) >= 11 is 0. The Kier molecular flexibility index (Phi) is 5.48. The van der Waals surface area contributed by atoms with Gasteiger partial charge in [-0.15, -0.1) is 0 Å². The Morgan fingerprint density at radius 1 is 1.48 bits per heavy atom. The van der Waals surface area contributed by atoms with Gasteiger partial charge in [0.05, 0.1) is 6.61 Å². The van der Waals surface area contributed by atoms with E-state index in [1.54, 1.807) is 19.1 Å². The number of halogens is 1. The van der Waals surface area contributed by atoms with Gasteiger partial charge >= 0.3 is 0 Å². The van der Waals surface area contributed by atoms with E-state index < -0.39 is 9.05 Å². The summed E-state index contributed by atoms with van der Waals surface area (Å²) in [5, 5.41) is 0. The van der Waals surface area contributed by atoms with Crippen LogP contribution in [0.3, 0.4) is 0 Å². The highest BCUT2D eigenvalue weighted by atomic mass is 35.7. The lowest BCUT2D eigenvalue weighted by Crippen LogP contribution is -2.44. The van der Waals surface area contributed by atoms with Gasteiger partial charge in [0.1, 0.15) is 23.4 Å². The van der Waals surface area contributed by atoms with Gasteiger partial charge in [-0.25, -0.2) is 8.42 Å². The normalized spacial score (nSPS) is 20.4. The van der Waals surface area contributed by atoms with Gasteiger partial charge in [-0.2, -0.15) is 0 Å². The fourth-order valence-electron chi connectivity index (χ4n) is 2.28. The van der Waals surface area contributed by atoms with Gasteiger partial charge in [0.2, 0.25) is 0 Å². The van der Waals surface area contributed by atoms with Crippen molar-refractivity contribution in [3.63, 3.8) is 0 Å². The summed E-state index contributed by atoms with van der Waals surface area (Å²) in [4.78, 5) is 2.28. The van der Waals surface area contributed by atoms with Crippen molar-refractivity contribution in [1.29, 1.82) is 0 Å². The Morgan fingerprint density at radius 2 is 2.24 bits per heavy atom. The molecule has 1 saturated heterocycles. The number of ether oxygens (including phenoxy) is 2. The number of hydrogen-bond donors (Lipinski definition) is 0. The maximum absolute atomic E-state index is 11.6. The van der Waals surface area contributed by atoms with Crippen LogP contribution in [0.4, 0.5) is 0 Å². The lowest BCUT2D eigenvalue weighted by molar-refractivity contribution is -0.0467. The van der Waals surface area contributed by atoms with Gasteiger partial charge in [-0.3, -0.25) is 4.90 Å². The Bertz CT molecular complexity index is 591. The second-order valence-corrected chi connectivity index (χ2v) is 7.62. The molecule has 118 valence electrons. The largest absolute Gasteiger partial charge is 0.489 e. The van der Waals surface area contributed by atoms with E-state index in [0.29, 0.717) is 13.2 Å². The van der Waals surface area contributed by atoms with Crippen LogP contribution >= 0.6 is 10.7 Å². The lowest BCUT2D eigenvalue weighted by atomic mass is 10.2. The average molecular weight is 334 g/mol. The van der Waals surface area contributed by atoms with Gasteiger partial charge in [-0.1, -0.05) is 13.0 Å². The molecule has 1 aliphatic rings. The molecule has 1 aliphatic heterocycles. The summed E-state index contributed by atoms with van der Waals surface area (Å²) in [7, 11) is 1.63. The molecule has 0 aromatic heterocycles. The fraction of sp³-hybridized carbons (Fsp3) is 0.571. The summed E-state index contributed by atoms with van der Waals surface area (Å²) in [6.07, 6.45) is -0.0640. The second-order valence-electron chi connectivity index (χ2n) is 5.09. The highest BCUT2D eigenvalue weighted by molar-refractivity contribution is 8.13. The van der Waals surface area contributed by atoms with E-state index in [1.165, 1.54) is 6.07 Å². The van der Waals surface area contributed by atoms with Gasteiger partial charge in [0.25, 0.3) is 9.05 Å². The molecule has 0 N–H and O–H groups in total. The molecule has 1 unspecified atom stereocenters. The molecule has 7 heteroatoms. The van der Waals surface area contributed by atoms with Crippen LogP contribution in [0.5, 0.6) is 5.75 Å². The maximum Gasteiger partial charge on any atom is 0.264 e. The lowest BCUT2D eigenvalue weighted by Gasteiger charge is -2.31. The van der Waals surface area contributed by atoms with Crippen LogP contribution in [-0.4, -0.2) is 52.3 Å². The van der Waals surface area contributed by atoms with Crippen LogP contribution in [0.2, 0.25) is 0 Å². The number of nitrogens with zero attached hydrogens (tertiary/aromatic N) is 1. The first-order valence-corrected chi connectivity index (χ1v) is 9.23. The van der Waals surface area contributed by atoms with Crippen molar-refractivity contribution in [3.05, 3.63) is 23.8 Å². The topological polar surface area (TPSA) is 55.8 Å². The molecule has 1 heterocycles. The minimum Gasteiger partial charge on any atom is -0.489 e. The van der Waals surface area contributed by atoms with Crippen LogP contribution in [0.25, 0.3) is 0 Å². The molecule has 1 fully saturated rings. The van der Waals surface area contributed by atoms with E-state index in [0.717, 1.165) is 25.2 Å². The number of aryl methyl sites for hydroxylation is 1. The zero-order valence-corrected chi connectivity index (χ0v) is 13.8. The number of morpholine rings is 1. The molecular weight excluding hydrogens is 314 g/mol. The molecule has 5 nitrogen and oxygen atoms in total. The number of rotatable bonds is 5. The van der Waals surface area contributed by atoms with Crippen molar-refractivity contribution < 1.29 is 17.9 Å². The molecule has 0 saturated carbocycles. The Hall–Kier alpha value is -0.820. The first-order valence-electron chi connectivity index (χ1n) is 6.92. The van der Waals surface area contributed by atoms with E-state index in [-0.39, 0.29) is 16.7 Å². The smallest absolute Gasteiger partial charge is 0.264 e. The quantitative estimate of drug-likeness (QED) is 0.772. The van der Waals surface area contributed by atoms with Crippen molar-refractivity contribution in [1.82, 2.24) is 4.90 Å². The molecule has 1 atom stereocenters. The predicted octanol–water partition coefficient (Wildman–Crippen LogP) is 2.02. The van der Waals surface area contributed by atoms with Gasteiger partial charge in [0.15, 0.2) is 0 Å². The summed E-state index contributed by atoms with van der Waals surface area (Å²) < 4.78 is 34.5.